The van der Waals surface area contributed by atoms with Crippen LogP contribution in [0, 0.1) is 0 Å². The number of aliphatic carboxylic acids is 1. The van der Waals surface area contributed by atoms with Crippen LogP contribution in [0.15, 0.2) is 4.99 Å². The summed E-state index contributed by atoms with van der Waals surface area (Å²) in [5.41, 5.74) is -1.67. The third-order valence-electron chi connectivity index (χ3n) is 2.42. The molecule has 1 aliphatic rings. The van der Waals surface area contributed by atoms with E-state index in [1.807, 2.05) is 0 Å². The van der Waals surface area contributed by atoms with Gasteiger partial charge in [0, 0.05) is 5.75 Å². The van der Waals surface area contributed by atoms with Gasteiger partial charge in [-0.2, -0.15) is 0 Å². The molecule has 0 aromatic carbocycles. The highest BCUT2D eigenvalue weighted by molar-refractivity contribution is 8.14. The predicted molar refractivity (Wildman–Crippen MR) is 74.8 cm³/mol. The highest BCUT2D eigenvalue weighted by Crippen LogP contribution is 2.29. The van der Waals surface area contributed by atoms with Crippen molar-refractivity contribution in [3.63, 3.8) is 0 Å². The molecule has 1 rings (SSSR count). The van der Waals surface area contributed by atoms with Crippen LogP contribution in [0.1, 0.15) is 34.6 Å². The quantitative estimate of drug-likeness (QED) is 0.828. The smallest absolute Gasteiger partial charge is 0.408 e. The molecule has 0 aromatic rings. The summed E-state index contributed by atoms with van der Waals surface area (Å²) >= 11 is 1.34. The number of hydrogen-bond acceptors (Lipinski definition) is 5. The number of carbonyl (C=O) groups is 2. The van der Waals surface area contributed by atoms with Crippen LogP contribution in [0.2, 0.25) is 0 Å². The van der Waals surface area contributed by atoms with Crippen molar-refractivity contribution < 1.29 is 19.4 Å². The van der Waals surface area contributed by atoms with Gasteiger partial charge in [0.25, 0.3) is 0 Å². The Labute approximate surface area is 117 Å². The summed E-state index contributed by atoms with van der Waals surface area (Å²) in [6.45, 7) is 8.65. The van der Waals surface area contributed by atoms with Crippen LogP contribution < -0.4 is 5.32 Å². The monoisotopic (exact) mass is 288 g/mol. The maximum absolute atomic E-state index is 11.6. The van der Waals surface area contributed by atoms with Crippen molar-refractivity contribution in [3.8, 4) is 0 Å². The van der Waals surface area contributed by atoms with Gasteiger partial charge in [0.15, 0.2) is 5.54 Å². The second-order valence-electron chi connectivity index (χ2n) is 5.69. The summed E-state index contributed by atoms with van der Waals surface area (Å²) in [6, 6.07) is -0.360. The molecule has 7 heteroatoms. The van der Waals surface area contributed by atoms with Gasteiger partial charge in [-0.05, 0) is 34.6 Å². The normalized spacial score (nSPS) is 24.6. The molecule has 19 heavy (non-hydrogen) atoms. The molecular weight excluding hydrogens is 268 g/mol. The molecule has 0 radical (unpaired) electrons. The van der Waals surface area contributed by atoms with Crippen LogP contribution in [0.4, 0.5) is 4.79 Å². The number of carbonyl (C=O) groups excluding carboxylic acids is 1. The Morgan fingerprint density at radius 1 is 1.53 bits per heavy atom. The van der Waals surface area contributed by atoms with Crippen molar-refractivity contribution in [3.05, 3.63) is 0 Å². The topological polar surface area (TPSA) is 88.0 Å². The summed E-state index contributed by atoms with van der Waals surface area (Å²) in [6.07, 6.45) is -0.535. The van der Waals surface area contributed by atoms with Gasteiger partial charge < -0.3 is 15.2 Å². The van der Waals surface area contributed by atoms with Crippen LogP contribution in [0.3, 0.4) is 0 Å². The number of nitrogens with zero attached hydrogens (tertiary/aromatic N) is 1. The standard InChI is InChI=1S/C12H20N2O4S/c1-7(13-10(17)18-11(2,3)4)8-14-12(5,6-19-8)9(15)16/h7H,6H2,1-5H3,(H,13,17)(H,15,16)/t7-,12-/m0/s1. The minimum atomic E-state index is -1.11. The fourth-order valence-corrected chi connectivity index (χ4v) is 2.59. The first kappa shape index (κ1) is 15.8. The molecule has 0 aliphatic carbocycles. The second-order valence-corrected chi connectivity index (χ2v) is 6.68. The van der Waals surface area contributed by atoms with Crippen LogP contribution in [-0.2, 0) is 9.53 Å². The number of alkyl carbamates (subject to hydrolysis) is 1. The molecular formula is C12H20N2O4S. The summed E-state index contributed by atoms with van der Waals surface area (Å²) in [5, 5.41) is 12.3. The minimum Gasteiger partial charge on any atom is -0.479 e. The Morgan fingerprint density at radius 3 is 2.53 bits per heavy atom. The number of carboxylic acids is 1. The maximum atomic E-state index is 11.6. The van der Waals surface area contributed by atoms with Crippen molar-refractivity contribution in [1.29, 1.82) is 0 Å². The molecule has 0 saturated carbocycles. The lowest BCUT2D eigenvalue weighted by molar-refractivity contribution is -0.141. The lowest BCUT2D eigenvalue weighted by Gasteiger charge is -2.21. The fourth-order valence-electron chi connectivity index (χ4n) is 1.40. The molecule has 6 nitrogen and oxygen atoms in total. The van der Waals surface area contributed by atoms with Crippen LogP contribution >= 0.6 is 11.8 Å². The van der Waals surface area contributed by atoms with Crippen molar-refractivity contribution >= 4 is 28.9 Å². The van der Waals surface area contributed by atoms with E-state index in [1.54, 1.807) is 34.6 Å². The molecule has 108 valence electrons. The number of aliphatic imine (C=N–C) groups is 1. The van der Waals surface area contributed by atoms with Gasteiger partial charge in [-0.1, -0.05) is 0 Å². The first-order chi connectivity index (χ1) is 8.53. The molecule has 0 aromatic heterocycles. The fraction of sp³-hybridized carbons (Fsp3) is 0.750. The number of rotatable bonds is 3. The molecule has 2 atom stereocenters. The molecule has 0 bridgehead atoms. The van der Waals surface area contributed by atoms with Crippen LogP contribution in [0.5, 0.6) is 0 Å². The van der Waals surface area contributed by atoms with Crippen LogP contribution in [0.25, 0.3) is 0 Å². The molecule has 0 fully saturated rings. The summed E-state index contributed by atoms with van der Waals surface area (Å²) in [7, 11) is 0. The molecule has 0 unspecified atom stereocenters. The van der Waals surface area contributed by atoms with Crippen molar-refractivity contribution in [1.82, 2.24) is 5.32 Å². The molecule has 1 heterocycles. The van der Waals surface area contributed by atoms with Gasteiger partial charge in [0.1, 0.15) is 5.60 Å². The summed E-state index contributed by atoms with van der Waals surface area (Å²) < 4.78 is 5.14. The Kier molecular flexibility index (Phi) is 4.50. The van der Waals surface area contributed by atoms with E-state index in [9.17, 15) is 9.59 Å². The zero-order valence-corrected chi connectivity index (χ0v) is 12.6. The number of hydrogen-bond donors (Lipinski definition) is 2. The van der Waals surface area contributed by atoms with Gasteiger partial charge in [0.05, 0.1) is 11.1 Å². The van der Waals surface area contributed by atoms with E-state index < -0.39 is 23.2 Å². The number of carboxylic acid groups (broad SMARTS) is 1. The number of amides is 1. The molecule has 0 saturated heterocycles. The SMILES string of the molecule is C[C@H](NC(=O)OC(C)(C)C)C1=N[C@](C)(C(=O)O)CS1. The van der Waals surface area contributed by atoms with Gasteiger partial charge in [-0.3, -0.25) is 4.99 Å². The lowest BCUT2D eigenvalue weighted by Crippen LogP contribution is -2.40. The van der Waals surface area contributed by atoms with Crippen molar-refractivity contribution in [2.24, 2.45) is 4.99 Å². The number of thioether (sulfide) groups is 1. The highest BCUT2D eigenvalue weighted by Gasteiger charge is 2.39. The zero-order chi connectivity index (χ0) is 14.8. The minimum absolute atomic E-state index is 0.360. The Hall–Kier alpha value is -1.24. The van der Waals surface area contributed by atoms with E-state index in [4.69, 9.17) is 9.84 Å². The molecule has 1 aliphatic heterocycles. The van der Waals surface area contributed by atoms with Crippen molar-refractivity contribution in [2.75, 3.05) is 5.75 Å². The van der Waals surface area contributed by atoms with Gasteiger partial charge in [0.2, 0.25) is 0 Å². The van der Waals surface area contributed by atoms with Crippen LogP contribution in [-0.4, -0.2) is 45.1 Å². The average molecular weight is 288 g/mol. The largest absolute Gasteiger partial charge is 0.479 e. The van der Waals surface area contributed by atoms with E-state index in [0.717, 1.165) is 0 Å². The van der Waals surface area contributed by atoms with E-state index in [1.165, 1.54) is 11.8 Å². The summed E-state index contributed by atoms with van der Waals surface area (Å²) in [4.78, 5) is 26.9. The van der Waals surface area contributed by atoms with Gasteiger partial charge in [-0.25, -0.2) is 9.59 Å². The first-order valence-electron chi connectivity index (χ1n) is 5.99. The first-order valence-corrected chi connectivity index (χ1v) is 6.97. The Balaban J connectivity index is 2.63. The molecule has 0 spiro atoms. The third-order valence-corrected chi connectivity index (χ3v) is 3.87. The Morgan fingerprint density at radius 2 is 2.11 bits per heavy atom. The van der Waals surface area contributed by atoms with E-state index >= 15 is 0 Å². The Bertz CT molecular complexity index is 416. The average Bonchev–Trinajstić information content (AvgIpc) is 2.59. The van der Waals surface area contributed by atoms with Gasteiger partial charge >= 0.3 is 12.1 Å². The number of nitrogens with one attached hydrogen (secondary N) is 1. The van der Waals surface area contributed by atoms with E-state index in [2.05, 4.69) is 10.3 Å². The molecule has 2 N–H and O–H groups in total. The lowest BCUT2D eigenvalue weighted by atomic mass is 10.1. The van der Waals surface area contributed by atoms with Crippen molar-refractivity contribution in [2.45, 2.75) is 51.8 Å². The maximum Gasteiger partial charge on any atom is 0.408 e. The van der Waals surface area contributed by atoms with E-state index in [-0.39, 0.29) is 6.04 Å². The van der Waals surface area contributed by atoms with Gasteiger partial charge in [-0.15, -0.1) is 11.8 Å². The second kappa shape index (κ2) is 5.40. The molecule has 1 amide bonds. The number of ether oxygens (including phenoxy) is 1. The third kappa shape index (κ3) is 4.41. The predicted octanol–water partition coefficient (Wildman–Crippen LogP) is 1.89. The highest BCUT2D eigenvalue weighted by atomic mass is 32.2. The van der Waals surface area contributed by atoms with E-state index in [0.29, 0.717) is 10.8 Å². The summed E-state index contributed by atoms with van der Waals surface area (Å²) in [5.74, 6) is -0.586. The zero-order valence-electron chi connectivity index (χ0n) is 11.8.